The van der Waals surface area contributed by atoms with Crippen LogP contribution in [-0.4, -0.2) is 33.8 Å². The van der Waals surface area contributed by atoms with E-state index in [0.29, 0.717) is 5.92 Å². The zero-order valence-corrected chi connectivity index (χ0v) is 12.9. The number of alkyl halides is 1. The van der Waals surface area contributed by atoms with E-state index in [0.717, 1.165) is 24.0 Å². The molecule has 4 bridgehead atoms. The number of nitrogens with one attached hydrogen (secondary N) is 2. The van der Waals surface area contributed by atoms with Crippen LogP contribution < -0.4 is 10.9 Å². The minimum atomic E-state index is -0.299. The van der Waals surface area contributed by atoms with Crippen LogP contribution in [0.2, 0.25) is 0 Å². The number of allylic oxidation sites excluding steroid dienone is 1. The fraction of sp³-hybridized carbons (Fsp3) is 0.786. The van der Waals surface area contributed by atoms with Crippen LogP contribution in [0, 0.1) is 11.8 Å². The Bertz CT molecular complexity index is 558. The third-order valence-electron chi connectivity index (χ3n) is 5.94. The van der Waals surface area contributed by atoms with Gasteiger partial charge in [0.05, 0.1) is 17.7 Å². The van der Waals surface area contributed by atoms with Gasteiger partial charge < -0.3 is 0 Å². The summed E-state index contributed by atoms with van der Waals surface area (Å²) in [5.74, 6) is 2.33. The summed E-state index contributed by atoms with van der Waals surface area (Å²) in [6.07, 6.45) is 8.27. The lowest BCUT2D eigenvalue weighted by atomic mass is 9.62. The maximum absolute atomic E-state index is 6.66. The van der Waals surface area contributed by atoms with E-state index in [-0.39, 0.29) is 16.1 Å². The molecular weight excluding hydrogens is 290 g/mol. The van der Waals surface area contributed by atoms with Crippen molar-refractivity contribution in [2.24, 2.45) is 16.8 Å². The van der Waals surface area contributed by atoms with Gasteiger partial charge in [-0.3, -0.25) is 0 Å². The minimum Gasteiger partial charge on any atom is -0.234 e. The molecule has 6 aliphatic rings. The summed E-state index contributed by atoms with van der Waals surface area (Å²) in [7, 11) is 0. The fourth-order valence-electron chi connectivity index (χ4n) is 4.89. The average Bonchev–Trinajstić information content (AvgIpc) is 2.90. The Kier molecular flexibility index (Phi) is 2.37. The van der Waals surface area contributed by atoms with Crippen molar-refractivity contribution in [2.75, 3.05) is 6.54 Å². The van der Waals surface area contributed by atoms with Crippen LogP contribution in [0.4, 0.5) is 0 Å². The van der Waals surface area contributed by atoms with Gasteiger partial charge in [-0.2, -0.15) is 0 Å². The zero-order valence-electron chi connectivity index (χ0n) is 12.2. The summed E-state index contributed by atoms with van der Waals surface area (Å²) in [6, 6.07) is 0. The van der Waals surface area contributed by atoms with Crippen molar-refractivity contribution in [2.45, 2.75) is 50.1 Å². The van der Waals surface area contributed by atoms with Crippen molar-refractivity contribution in [1.29, 1.82) is 0 Å². The number of quaternary nitrogens is 1. The summed E-state index contributed by atoms with van der Waals surface area (Å²) in [6.45, 7) is 2.91. The SMILES string of the molecule is CC1=C2N=CC(Cl)N1[N+]1(NCC3(CC4CCC3CC4)O1)N2. The largest absolute Gasteiger partial charge is 0.234 e. The molecule has 21 heavy (non-hydrogen) atoms. The predicted octanol–water partition coefficient (Wildman–Crippen LogP) is 1.78. The van der Waals surface area contributed by atoms with Crippen LogP contribution in [-0.2, 0) is 4.84 Å². The molecule has 3 saturated carbocycles. The molecule has 2 N–H and O–H groups in total. The summed E-state index contributed by atoms with van der Waals surface area (Å²) >= 11 is 6.45. The fourth-order valence-corrected chi connectivity index (χ4v) is 5.21. The highest BCUT2D eigenvalue weighted by Gasteiger charge is 2.66. The molecule has 3 heterocycles. The van der Waals surface area contributed by atoms with E-state index >= 15 is 0 Å². The Morgan fingerprint density at radius 2 is 2.24 bits per heavy atom. The van der Waals surface area contributed by atoms with E-state index < -0.39 is 0 Å². The Balaban J connectivity index is 1.48. The normalized spacial score (nSPS) is 50.6. The van der Waals surface area contributed by atoms with Crippen LogP contribution in [0.15, 0.2) is 16.5 Å². The van der Waals surface area contributed by atoms with Gasteiger partial charge in [0.1, 0.15) is 5.70 Å². The van der Waals surface area contributed by atoms with Gasteiger partial charge in [0.2, 0.25) is 5.82 Å². The lowest BCUT2D eigenvalue weighted by Gasteiger charge is -2.47. The van der Waals surface area contributed by atoms with Crippen LogP contribution in [0.1, 0.15) is 39.0 Å². The van der Waals surface area contributed by atoms with Crippen LogP contribution >= 0.6 is 11.6 Å². The molecule has 0 aromatic carbocycles. The third-order valence-corrected chi connectivity index (χ3v) is 6.24. The van der Waals surface area contributed by atoms with Gasteiger partial charge in [0, 0.05) is 0 Å². The molecule has 3 atom stereocenters. The zero-order chi connectivity index (χ0) is 14.2. The molecule has 3 aliphatic carbocycles. The second kappa shape index (κ2) is 3.93. The van der Waals surface area contributed by atoms with Crippen molar-refractivity contribution < 1.29 is 9.81 Å². The first-order chi connectivity index (χ1) is 10.1. The summed E-state index contributed by atoms with van der Waals surface area (Å²) in [5, 5.41) is 2.03. The van der Waals surface area contributed by atoms with Crippen molar-refractivity contribution in [3.63, 3.8) is 0 Å². The van der Waals surface area contributed by atoms with Crippen molar-refractivity contribution in [1.82, 2.24) is 15.9 Å². The molecule has 3 unspecified atom stereocenters. The number of hydrogen-bond acceptors (Lipinski definition) is 5. The molecule has 6 nitrogen and oxygen atoms in total. The molecule has 2 spiro atoms. The smallest absolute Gasteiger partial charge is 0.206 e. The van der Waals surface area contributed by atoms with Crippen molar-refractivity contribution in [3.8, 4) is 0 Å². The monoisotopic (exact) mass is 310 g/mol. The summed E-state index contributed by atoms with van der Waals surface area (Å²) in [5.41, 5.74) is 7.58. The number of hydrogen-bond donors (Lipinski definition) is 2. The standard InChI is InChI=1S/C14H21ClN5O/c1-9-13-16-7-12(15)19(9)20(18-13)17-8-14(21-20)6-10-2-4-11(14)5-3-10/h7,10-12,17-18H,2-6,8H2,1H3/q+1. The maximum atomic E-state index is 6.66. The second-order valence-electron chi connectivity index (χ2n) is 7.03. The lowest BCUT2D eigenvalue weighted by molar-refractivity contribution is -1.23. The number of halogens is 1. The number of rotatable bonds is 0. The van der Waals surface area contributed by atoms with Gasteiger partial charge in [0.25, 0.3) is 0 Å². The first-order valence-electron chi connectivity index (χ1n) is 7.94. The van der Waals surface area contributed by atoms with E-state index in [9.17, 15) is 0 Å². The summed E-state index contributed by atoms with van der Waals surface area (Å²) < 4.78 is 0. The van der Waals surface area contributed by atoms with E-state index in [2.05, 4.69) is 15.8 Å². The van der Waals surface area contributed by atoms with Crippen LogP contribution in [0.25, 0.3) is 0 Å². The first-order valence-corrected chi connectivity index (χ1v) is 8.38. The number of aliphatic imine (C=N–C) groups is 1. The van der Waals surface area contributed by atoms with E-state index in [4.69, 9.17) is 16.4 Å². The van der Waals surface area contributed by atoms with Crippen LogP contribution in [0.5, 0.6) is 0 Å². The minimum absolute atomic E-state index is 0.0525. The Morgan fingerprint density at radius 3 is 2.95 bits per heavy atom. The molecule has 6 rings (SSSR count). The van der Waals surface area contributed by atoms with Gasteiger partial charge in [-0.15, -0.1) is 15.3 Å². The molecule has 114 valence electrons. The number of fused-ring (bicyclic) bond motifs is 4. The Labute approximate surface area is 129 Å². The lowest BCUT2D eigenvalue weighted by Crippen LogP contribution is -2.67. The molecular formula is C14H21ClN5O+. The topological polar surface area (TPSA) is 48.9 Å². The molecule has 0 aromatic rings. The van der Waals surface area contributed by atoms with Crippen LogP contribution in [0.3, 0.4) is 0 Å². The van der Waals surface area contributed by atoms with Gasteiger partial charge >= 0.3 is 0 Å². The Hall–Kier alpha value is -0.820. The highest BCUT2D eigenvalue weighted by Crippen LogP contribution is 2.52. The van der Waals surface area contributed by atoms with Crippen molar-refractivity contribution in [3.05, 3.63) is 11.5 Å². The molecule has 0 aromatic heterocycles. The molecule has 3 aliphatic heterocycles. The Morgan fingerprint density at radius 1 is 1.43 bits per heavy atom. The van der Waals surface area contributed by atoms with Gasteiger partial charge in [-0.25, -0.2) is 4.99 Å². The van der Waals surface area contributed by atoms with Gasteiger partial charge in [0.15, 0.2) is 11.1 Å². The molecule has 7 heteroatoms. The van der Waals surface area contributed by atoms with E-state index in [1.165, 1.54) is 32.1 Å². The predicted molar refractivity (Wildman–Crippen MR) is 78.0 cm³/mol. The second-order valence-corrected chi connectivity index (χ2v) is 7.48. The molecule has 0 radical (unpaired) electrons. The highest BCUT2D eigenvalue weighted by atomic mass is 35.5. The average molecular weight is 311 g/mol. The molecule has 1 saturated heterocycles. The summed E-state index contributed by atoms with van der Waals surface area (Å²) in [4.78, 5) is 11.1. The van der Waals surface area contributed by atoms with Gasteiger partial charge in [-0.1, -0.05) is 17.0 Å². The van der Waals surface area contributed by atoms with Gasteiger partial charge in [-0.05, 0) is 50.9 Å². The maximum Gasteiger partial charge on any atom is 0.206 e. The third kappa shape index (κ3) is 1.51. The molecule has 4 fully saturated rings. The number of nitrogens with zero attached hydrogens (tertiary/aromatic N) is 3. The highest BCUT2D eigenvalue weighted by molar-refractivity contribution is 6.28. The van der Waals surface area contributed by atoms with E-state index in [1.54, 1.807) is 6.21 Å². The van der Waals surface area contributed by atoms with Crippen molar-refractivity contribution >= 4 is 17.8 Å². The first kappa shape index (κ1) is 12.7. The van der Waals surface area contributed by atoms with E-state index in [1.807, 2.05) is 11.9 Å². The quantitative estimate of drug-likeness (QED) is 0.407. The molecule has 0 amide bonds.